The van der Waals surface area contributed by atoms with Crippen molar-refractivity contribution in [3.05, 3.63) is 29.6 Å². The summed E-state index contributed by atoms with van der Waals surface area (Å²) >= 11 is 1.08. The van der Waals surface area contributed by atoms with E-state index in [2.05, 4.69) is 10.2 Å². The van der Waals surface area contributed by atoms with Gasteiger partial charge in [0.25, 0.3) is 0 Å². The molecule has 112 valence electrons. The van der Waals surface area contributed by atoms with Crippen LogP contribution in [0.4, 0.5) is 0 Å². The van der Waals surface area contributed by atoms with Crippen LogP contribution in [0.5, 0.6) is 0 Å². The maximum atomic E-state index is 11.3. The van der Waals surface area contributed by atoms with Gasteiger partial charge in [0.15, 0.2) is 5.16 Å². The third-order valence-corrected chi connectivity index (χ3v) is 4.79. The molecule has 1 heterocycles. The number of benzene rings is 1. The van der Waals surface area contributed by atoms with Crippen molar-refractivity contribution in [3.8, 4) is 0 Å². The molecule has 0 radical (unpaired) electrons. The highest BCUT2D eigenvalue weighted by Crippen LogP contribution is 2.30. The van der Waals surface area contributed by atoms with Crippen LogP contribution in [-0.4, -0.2) is 34.3 Å². The van der Waals surface area contributed by atoms with E-state index in [4.69, 9.17) is 5.14 Å². The highest BCUT2D eigenvalue weighted by atomic mass is 32.2. The van der Waals surface area contributed by atoms with Gasteiger partial charge in [-0.2, -0.15) is 0 Å². The van der Waals surface area contributed by atoms with Crippen LogP contribution in [0.3, 0.4) is 0 Å². The zero-order valence-corrected chi connectivity index (χ0v) is 12.8. The lowest BCUT2D eigenvalue weighted by atomic mass is 10.2. The Labute approximate surface area is 125 Å². The van der Waals surface area contributed by atoms with Crippen molar-refractivity contribution in [2.45, 2.75) is 21.9 Å². The van der Waals surface area contributed by atoms with Crippen molar-refractivity contribution in [2.75, 3.05) is 0 Å². The minimum atomic E-state index is -3.96. The Morgan fingerprint density at radius 2 is 2.05 bits per heavy atom. The first-order valence-electron chi connectivity index (χ1n) is 5.64. The molecule has 2 aromatic rings. The standard InChI is InChI=1S/C11H12N4O4S2/c1-6-13-14-11(15(6)2)20-9-4-3-7(21(12,18)19)5-8(9)10(16)17/h3-5H,1-2H3,(H,16,17)(H2,12,18,19). The summed E-state index contributed by atoms with van der Waals surface area (Å²) in [5.41, 5.74) is -0.160. The predicted octanol–water partition coefficient (Wildman–Crippen LogP) is 0.620. The molecule has 8 nitrogen and oxygen atoms in total. The van der Waals surface area contributed by atoms with Crippen LogP contribution >= 0.6 is 11.8 Å². The van der Waals surface area contributed by atoms with E-state index in [-0.39, 0.29) is 10.5 Å². The molecular formula is C11H12N4O4S2. The molecule has 3 N–H and O–H groups in total. The summed E-state index contributed by atoms with van der Waals surface area (Å²) in [6.45, 7) is 1.76. The lowest BCUT2D eigenvalue weighted by Crippen LogP contribution is -2.13. The Bertz CT molecular complexity index is 814. The largest absolute Gasteiger partial charge is 0.478 e. The number of carboxylic acid groups (broad SMARTS) is 1. The average Bonchev–Trinajstić information content (AvgIpc) is 2.69. The Hall–Kier alpha value is -1.91. The van der Waals surface area contributed by atoms with Gasteiger partial charge < -0.3 is 9.67 Å². The van der Waals surface area contributed by atoms with Gasteiger partial charge in [0.2, 0.25) is 10.0 Å². The lowest BCUT2D eigenvalue weighted by molar-refractivity contribution is 0.0693. The maximum absolute atomic E-state index is 11.3. The molecule has 0 fully saturated rings. The van der Waals surface area contributed by atoms with Crippen molar-refractivity contribution in [2.24, 2.45) is 12.2 Å². The summed E-state index contributed by atoms with van der Waals surface area (Å²) < 4.78 is 24.3. The van der Waals surface area contributed by atoms with Gasteiger partial charge in [-0.25, -0.2) is 18.4 Å². The van der Waals surface area contributed by atoms with E-state index in [1.54, 1.807) is 18.5 Å². The molecule has 0 aliphatic rings. The van der Waals surface area contributed by atoms with E-state index in [9.17, 15) is 18.3 Å². The molecule has 0 aliphatic heterocycles. The predicted molar refractivity (Wildman–Crippen MR) is 74.6 cm³/mol. The molecule has 0 unspecified atom stereocenters. The second-order valence-corrected chi connectivity index (χ2v) is 6.77. The Morgan fingerprint density at radius 3 is 2.52 bits per heavy atom. The number of rotatable bonds is 4. The van der Waals surface area contributed by atoms with E-state index < -0.39 is 16.0 Å². The summed E-state index contributed by atoms with van der Waals surface area (Å²) in [5, 5.41) is 22.5. The molecule has 10 heteroatoms. The summed E-state index contributed by atoms with van der Waals surface area (Å²) in [6.07, 6.45) is 0. The zero-order valence-electron chi connectivity index (χ0n) is 11.1. The molecule has 0 aliphatic carbocycles. The van der Waals surface area contributed by atoms with Crippen LogP contribution in [0, 0.1) is 6.92 Å². The maximum Gasteiger partial charge on any atom is 0.336 e. The fourth-order valence-corrected chi connectivity index (χ4v) is 3.00. The van der Waals surface area contributed by atoms with Gasteiger partial charge in [-0.1, -0.05) is 0 Å². The molecule has 0 saturated heterocycles. The molecule has 1 aromatic carbocycles. The molecular weight excluding hydrogens is 316 g/mol. The topological polar surface area (TPSA) is 128 Å². The Morgan fingerprint density at radius 1 is 1.38 bits per heavy atom. The lowest BCUT2D eigenvalue weighted by Gasteiger charge is -2.07. The summed E-state index contributed by atoms with van der Waals surface area (Å²) in [7, 11) is -2.21. The number of hydrogen-bond donors (Lipinski definition) is 2. The first-order valence-corrected chi connectivity index (χ1v) is 8.00. The van der Waals surface area contributed by atoms with Crippen molar-refractivity contribution in [1.82, 2.24) is 14.8 Å². The van der Waals surface area contributed by atoms with Crippen LogP contribution in [0.1, 0.15) is 16.2 Å². The number of aryl methyl sites for hydroxylation is 1. The van der Waals surface area contributed by atoms with Crippen LogP contribution < -0.4 is 5.14 Å². The SMILES string of the molecule is Cc1nnc(Sc2ccc(S(N)(=O)=O)cc2C(=O)O)n1C. The number of nitrogens with two attached hydrogens (primary N) is 1. The van der Waals surface area contributed by atoms with E-state index in [1.807, 2.05) is 0 Å². The van der Waals surface area contributed by atoms with Gasteiger partial charge in [-0.05, 0) is 36.9 Å². The number of nitrogens with zero attached hydrogens (tertiary/aromatic N) is 3. The first-order chi connectivity index (χ1) is 9.70. The van der Waals surface area contributed by atoms with Crippen LogP contribution in [0.15, 0.2) is 33.1 Å². The van der Waals surface area contributed by atoms with Gasteiger partial charge in [0, 0.05) is 11.9 Å². The average molecular weight is 328 g/mol. The minimum absolute atomic E-state index is 0.160. The van der Waals surface area contributed by atoms with E-state index in [0.717, 1.165) is 17.8 Å². The van der Waals surface area contributed by atoms with Gasteiger partial charge in [-0.3, -0.25) is 0 Å². The quantitative estimate of drug-likeness (QED) is 0.841. The van der Waals surface area contributed by atoms with Gasteiger partial charge in [0.05, 0.1) is 10.5 Å². The molecule has 2 rings (SSSR count). The number of aromatic nitrogens is 3. The molecule has 0 bridgehead atoms. The Balaban J connectivity index is 2.49. The van der Waals surface area contributed by atoms with E-state index in [1.165, 1.54) is 12.1 Å². The van der Waals surface area contributed by atoms with Crippen molar-refractivity contribution >= 4 is 27.8 Å². The number of aromatic carboxylic acids is 1. The van der Waals surface area contributed by atoms with Crippen molar-refractivity contribution in [3.63, 3.8) is 0 Å². The van der Waals surface area contributed by atoms with Crippen LogP contribution in [0.2, 0.25) is 0 Å². The fraction of sp³-hybridized carbons (Fsp3) is 0.182. The molecule has 0 amide bonds. The third kappa shape index (κ3) is 3.23. The highest BCUT2D eigenvalue weighted by molar-refractivity contribution is 7.99. The monoisotopic (exact) mass is 328 g/mol. The highest BCUT2D eigenvalue weighted by Gasteiger charge is 2.18. The summed E-state index contributed by atoms with van der Waals surface area (Å²) in [6, 6.07) is 3.68. The molecule has 0 spiro atoms. The third-order valence-electron chi connectivity index (χ3n) is 2.76. The smallest absolute Gasteiger partial charge is 0.336 e. The number of carbonyl (C=O) groups is 1. The summed E-state index contributed by atoms with van der Waals surface area (Å²) in [5.74, 6) is -0.572. The zero-order chi connectivity index (χ0) is 15.8. The Kier molecular flexibility index (Phi) is 4.03. The van der Waals surface area contributed by atoms with Gasteiger partial charge in [0.1, 0.15) is 5.82 Å². The second-order valence-electron chi connectivity index (χ2n) is 4.20. The fourth-order valence-electron chi connectivity index (χ4n) is 1.52. The van der Waals surface area contributed by atoms with Crippen LogP contribution in [-0.2, 0) is 17.1 Å². The second kappa shape index (κ2) is 5.47. The molecule has 0 saturated carbocycles. The normalized spacial score (nSPS) is 11.6. The molecule has 1 aromatic heterocycles. The number of sulfonamides is 1. The van der Waals surface area contributed by atoms with E-state index >= 15 is 0 Å². The minimum Gasteiger partial charge on any atom is -0.478 e. The van der Waals surface area contributed by atoms with Gasteiger partial charge >= 0.3 is 5.97 Å². The molecule has 0 atom stereocenters. The van der Waals surface area contributed by atoms with Crippen molar-refractivity contribution < 1.29 is 18.3 Å². The van der Waals surface area contributed by atoms with E-state index in [0.29, 0.717) is 15.9 Å². The van der Waals surface area contributed by atoms with Crippen LogP contribution in [0.25, 0.3) is 0 Å². The number of primary sulfonamides is 1. The number of hydrogen-bond acceptors (Lipinski definition) is 6. The van der Waals surface area contributed by atoms with Gasteiger partial charge in [-0.15, -0.1) is 10.2 Å². The molecule has 21 heavy (non-hydrogen) atoms. The number of carboxylic acids is 1. The van der Waals surface area contributed by atoms with Crippen molar-refractivity contribution in [1.29, 1.82) is 0 Å². The first kappa shape index (κ1) is 15.5. The summed E-state index contributed by atoms with van der Waals surface area (Å²) in [4.78, 5) is 11.4.